The minimum absolute atomic E-state index is 0.0471. The molecule has 0 unspecified atom stereocenters. The van der Waals surface area contributed by atoms with E-state index in [2.05, 4.69) is 0 Å². The summed E-state index contributed by atoms with van der Waals surface area (Å²) < 4.78 is 38.1. The molecule has 1 amide bonds. The Hall–Kier alpha value is -1.00. The summed E-state index contributed by atoms with van der Waals surface area (Å²) in [5.41, 5.74) is -0.910. The van der Waals surface area contributed by atoms with Crippen molar-refractivity contribution in [1.82, 2.24) is 4.90 Å². The van der Waals surface area contributed by atoms with Crippen LogP contribution >= 0.6 is 0 Å². The van der Waals surface area contributed by atoms with Gasteiger partial charge in [0.25, 0.3) is 0 Å². The highest BCUT2D eigenvalue weighted by Gasteiger charge is 2.69. The predicted octanol–water partition coefficient (Wildman–Crippen LogP) is 3.53. The molecule has 5 heteroatoms. The quantitative estimate of drug-likeness (QED) is 0.663. The molecule has 0 spiro atoms. The highest BCUT2D eigenvalue weighted by atomic mass is 19.4. The number of hydrogen-bond donors (Lipinski definition) is 0. The lowest BCUT2D eigenvalue weighted by molar-refractivity contribution is -0.198. The van der Waals surface area contributed by atoms with Crippen molar-refractivity contribution < 1.29 is 18.0 Å². The lowest BCUT2D eigenvalue weighted by Crippen LogP contribution is -2.45. The molecule has 0 aromatic carbocycles. The molecule has 0 aromatic rings. The molecule has 18 heavy (non-hydrogen) atoms. The number of nitrogens with zero attached hydrogens (tertiary/aromatic N) is 1. The van der Waals surface area contributed by atoms with Crippen molar-refractivity contribution in [3.63, 3.8) is 0 Å². The summed E-state index contributed by atoms with van der Waals surface area (Å²) in [4.78, 5) is 13.1. The predicted molar refractivity (Wildman–Crippen MR) is 64.0 cm³/mol. The maximum atomic E-state index is 12.7. The van der Waals surface area contributed by atoms with Gasteiger partial charge in [0, 0.05) is 13.1 Å². The fourth-order valence-electron chi connectivity index (χ4n) is 2.00. The highest BCUT2D eigenvalue weighted by Crippen LogP contribution is 2.58. The van der Waals surface area contributed by atoms with Crippen LogP contribution in [0.5, 0.6) is 0 Å². The van der Waals surface area contributed by atoms with E-state index in [-0.39, 0.29) is 12.8 Å². The zero-order valence-corrected chi connectivity index (χ0v) is 11.1. The maximum Gasteiger partial charge on any atom is 0.403 e. The van der Waals surface area contributed by atoms with Crippen LogP contribution in [0.25, 0.3) is 0 Å². The first-order valence-electron chi connectivity index (χ1n) is 6.38. The van der Waals surface area contributed by atoms with Gasteiger partial charge < -0.3 is 4.90 Å². The van der Waals surface area contributed by atoms with E-state index in [0.717, 1.165) is 5.57 Å². The van der Waals surface area contributed by atoms with Gasteiger partial charge in [0.05, 0.1) is 0 Å². The Morgan fingerprint density at radius 1 is 1.33 bits per heavy atom. The summed E-state index contributed by atoms with van der Waals surface area (Å²) >= 11 is 0. The van der Waals surface area contributed by atoms with Crippen molar-refractivity contribution in [2.24, 2.45) is 5.41 Å². The number of hydrogen-bond acceptors (Lipinski definition) is 1. The molecule has 0 saturated heterocycles. The molecule has 0 atom stereocenters. The standard InChI is InChI=1S/C11H14F3NO.C2H6/c1-8-2-6-15(7-3-8)9(16)10(4-5-10)11(12,13)14;1-2/h2H,3-7H2,1H3;1-2H3. The van der Waals surface area contributed by atoms with E-state index in [1.807, 2.05) is 26.8 Å². The number of alkyl halides is 3. The second kappa shape index (κ2) is 5.33. The van der Waals surface area contributed by atoms with Crippen molar-refractivity contribution in [1.29, 1.82) is 0 Å². The molecule has 0 bridgehead atoms. The van der Waals surface area contributed by atoms with Gasteiger partial charge in [-0.25, -0.2) is 0 Å². The summed E-state index contributed by atoms with van der Waals surface area (Å²) in [6, 6.07) is 0. The largest absolute Gasteiger partial charge is 0.403 e. The molecule has 2 aliphatic rings. The van der Waals surface area contributed by atoms with Crippen LogP contribution in [0.2, 0.25) is 0 Å². The molecule has 1 saturated carbocycles. The van der Waals surface area contributed by atoms with E-state index in [0.29, 0.717) is 19.5 Å². The lowest BCUT2D eigenvalue weighted by atomic mass is 10.0. The Labute approximate surface area is 106 Å². The number of carbonyl (C=O) groups is 1. The fourth-order valence-corrected chi connectivity index (χ4v) is 2.00. The van der Waals surface area contributed by atoms with E-state index < -0.39 is 17.5 Å². The van der Waals surface area contributed by atoms with E-state index in [4.69, 9.17) is 0 Å². The third kappa shape index (κ3) is 2.70. The van der Waals surface area contributed by atoms with Gasteiger partial charge in [-0.15, -0.1) is 0 Å². The zero-order chi connectivity index (χ0) is 14.0. The molecule has 0 aromatic heterocycles. The first-order valence-corrected chi connectivity index (χ1v) is 6.38. The van der Waals surface area contributed by atoms with Gasteiger partial charge in [0.15, 0.2) is 0 Å². The number of rotatable bonds is 1. The van der Waals surface area contributed by atoms with Crippen LogP contribution in [0.15, 0.2) is 11.6 Å². The Morgan fingerprint density at radius 2 is 1.89 bits per heavy atom. The number of carbonyl (C=O) groups excluding carboxylic acids is 1. The molecule has 2 nitrogen and oxygen atoms in total. The van der Waals surface area contributed by atoms with Crippen molar-refractivity contribution in [2.45, 2.75) is 46.2 Å². The molecule has 0 radical (unpaired) electrons. The molecule has 0 N–H and O–H groups in total. The lowest BCUT2D eigenvalue weighted by Gasteiger charge is -2.30. The van der Waals surface area contributed by atoms with Crippen molar-refractivity contribution in [3.05, 3.63) is 11.6 Å². The van der Waals surface area contributed by atoms with Gasteiger partial charge in [-0.1, -0.05) is 25.5 Å². The second-order valence-electron chi connectivity index (χ2n) is 4.63. The van der Waals surface area contributed by atoms with E-state index in [9.17, 15) is 18.0 Å². The van der Waals surface area contributed by atoms with Crippen LogP contribution in [-0.2, 0) is 4.79 Å². The van der Waals surface area contributed by atoms with Crippen LogP contribution < -0.4 is 0 Å². The Kier molecular flexibility index (Phi) is 4.46. The average molecular weight is 263 g/mol. The molecule has 104 valence electrons. The monoisotopic (exact) mass is 263 g/mol. The second-order valence-corrected chi connectivity index (χ2v) is 4.63. The van der Waals surface area contributed by atoms with E-state index in [1.165, 1.54) is 4.90 Å². The van der Waals surface area contributed by atoms with Crippen LogP contribution in [0, 0.1) is 5.41 Å². The van der Waals surface area contributed by atoms with E-state index >= 15 is 0 Å². The van der Waals surface area contributed by atoms with Crippen LogP contribution in [-0.4, -0.2) is 30.1 Å². The Bertz CT molecular complexity index is 343. The minimum Gasteiger partial charge on any atom is -0.338 e. The van der Waals surface area contributed by atoms with Crippen LogP contribution in [0.1, 0.15) is 40.0 Å². The van der Waals surface area contributed by atoms with Gasteiger partial charge in [-0.3, -0.25) is 4.79 Å². The topological polar surface area (TPSA) is 20.3 Å². The fraction of sp³-hybridized carbons (Fsp3) is 0.769. The molecular weight excluding hydrogens is 243 g/mol. The Balaban J connectivity index is 0.000000771. The zero-order valence-electron chi connectivity index (χ0n) is 11.1. The molecule has 1 aliphatic heterocycles. The maximum absolute atomic E-state index is 12.7. The summed E-state index contributed by atoms with van der Waals surface area (Å²) in [5.74, 6) is -0.733. The molecule has 1 aliphatic carbocycles. The first kappa shape index (κ1) is 15.1. The number of amides is 1. The smallest absolute Gasteiger partial charge is 0.338 e. The molecule has 1 fully saturated rings. The van der Waals surface area contributed by atoms with Crippen LogP contribution in [0.4, 0.5) is 13.2 Å². The summed E-state index contributed by atoms with van der Waals surface area (Å²) in [5, 5.41) is 0. The third-order valence-electron chi connectivity index (χ3n) is 3.43. The SMILES string of the molecule is CC.CC1=CCN(C(=O)C2(C(F)(F)F)CC2)CC1. The van der Waals surface area contributed by atoms with Crippen molar-refractivity contribution in [2.75, 3.05) is 13.1 Å². The van der Waals surface area contributed by atoms with Gasteiger partial charge in [0.1, 0.15) is 5.41 Å². The van der Waals surface area contributed by atoms with Gasteiger partial charge in [-0.2, -0.15) is 13.2 Å². The minimum atomic E-state index is -4.39. The van der Waals surface area contributed by atoms with E-state index in [1.54, 1.807) is 0 Å². The van der Waals surface area contributed by atoms with Crippen LogP contribution in [0.3, 0.4) is 0 Å². The third-order valence-corrected chi connectivity index (χ3v) is 3.43. The van der Waals surface area contributed by atoms with Crippen molar-refractivity contribution >= 4 is 5.91 Å². The first-order chi connectivity index (χ1) is 8.37. The van der Waals surface area contributed by atoms with Gasteiger partial charge in [0.2, 0.25) is 5.91 Å². The molecule has 2 rings (SSSR count). The number of halogens is 3. The summed E-state index contributed by atoms with van der Waals surface area (Å²) in [7, 11) is 0. The molecular formula is C13H20F3NO. The molecule has 1 heterocycles. The van der Waals surface area contributed by atoms with Crippen molar-refractivity contribution in [3.8, 4) is 0 Å². The highest BCUT2D eigenvalue weighted by molar-refractivity contribution is 5.86. The summed E-state index contributed by atoms with van der Waals surface area (Å²) in [6.45, 7) is 6.67. The average Bonchev–Trinajstić information content (AvgIpc) is 3.12. The normalized spacial score (nSPS) is 21.7. The van der Waals surface area contributed by atoms with Gasteiger partial charge >= 0.3 is 6.18 Å². The Morgan fingerprint density at radius 3 is 2.22 bits per heavy atom. The summed E-state index contributed by atoms with van der Waals surface area (Å²) in [6.07, 6.45) is -1.98. The van der Waals surface area contributed by atoms with Gasteiger partial charge in [-0.05, 0) is 26.2 Å².